The number of carbonyl (C=O) groups is 1. The third kappa shape index (κ3) is 4.20. The van der Waals surface area contributed by atoms with Gasteiger partial charge in [-0.1, -0.05) is 13.8 Å². The molecule has 0 aliphatic rings. The lowest BCUT2D eigenvalue weighted by Crippen LogP contribution is -2.38. The summed E-state index contributed by atoms with van der Waals surface area (Å²) >= 11 is 0. The summed E-state index contributed by atoms with van der Waals surface area (Å²) in [6.45, 7) is 5.82. The van der Waals surface area contributed by atoms with E-state index in [0.29, 0.717) is 12.1 Å². The molecule has 6 N–H and O–H groups in total. The quantitative estimate of drug-likeness (QED) is 0.450. The van der Waals surface area contributed by atoms with Crippen LogP contribution in [-0.2, 0) is 13.5 Å². The van der Waals surface area contributed by atoms with E-state index in [2.05, 4.69) is 20.7 Å². The zero-order valence-electron chi connectivity index (χ0n) is 17.7. The van der Waals surface area contributed by atoms with Crippen LogP contribution in [-0.4, -0.2) is 32.8 Å². The number of benzene rings is 1. The van der Waals surface area contributed by atoms with E-state index in [4.69, 9.17) is 11.5 Å². The van der Waals surface area contributed by atoms with E-state index in [1.165, 1.54) is 0 Å². The van der Waals surface area contributed by atoms with Gasteiger partial charge in [-0.15, -0.1) is 0 Å². The third-order valence-electron chi connectivity index (χ3n) is 5.16. The molecule has 2 atom stereocenters. The van der Waals surface area contributed by atoms with Gasteiger partial charge in [0.25, 0.3) is 5.91 Å². The minimum atomic E-state index is -0.772. The first-order valence-electron chi connectivity index (χ1n) is 10.00. The number of aryl methyl sites for hydroxylation is 2. The van der Waals surface area contributed by atoms with Crippen molar-refractivity contribution >= 4 is 34.1 Å². The standard InChI is InChI=1S/C21H28FN7O/c1-5-16(11(3)23)26-21-15(22)10-14(19(24)30)20(27-21)25-12-7-8-18-13(9-12)17(6-2)28-29(18)4/h7-11,16H,5-6,23H2,1-4H3,(H2,24,30)(H2,25,26,27)/t11-,16+/m0/s1. The third-order valence-corrected chi connectivity index (χ3v) is 5.16. The van der Waals surface area contributed by atoms with Crippen molar-refractivity contribution in [1.82, 2.24) is 14.8 Å². The van der Waals surface area contributed by atoms with Crippen LogP contribution < -0.4 is 22.1 Å². The number of pyridine rings is 1. The Hall–Kier alpha value is -3.20. The zero-order chi connectivity index (χ0) is 22.0. The van der Waals surface area contributed by atoms with Gasteiger partial charge >= 0.3 is 0 Å². The number of hydrogen-bond donors (Lipinski definition) is 4. The van der Waals surface area contributed by atoms with Crippen LogP contribution in [0.25, 0.3) is 10.9 Å². The summed E-state index contributed by atoms with van der Waals surface area (Å²) < 4.78 is 16.4. The summed E-state index contributed by atoms with van der Waals surface area (Å²) in [7, 11) is 1.89. The van der Waals surface area contributed by atoms with Gasteiger partial charge in [0.15, 0.2) is 11.6 Å². The van der Waals surface area contributed by atoms with Crippen molar-refractivity contribution < 1.29 is 9.18 Å². The fourth-order valence-corrected chi connectivity index (χ4v) is 3.47. The molecule has 0 unspecified atom stereocenters. The van der Waals surface area contributed by atoms with Crippen LogP contribution >= 0.6 is 0 Å². The van der Waals surface area contributed by atoms with Gasteiger partial charge in [0.05, 0.1) is 16.8 Å². The van der Waals surface area contributed by atoms with Crippen LogP contribution in [0.2, 0.25) is 0 Å². The summed E-state index contributed by atoms with van der Waals surface area (Å²) in [5.74, 6) is -1.24. The first-order chi connectivity index (χ1) is 14.2. The van der Waals surface area contributed by atoms with Crippen molar-refractivity contribution in [2.24, 2.45) is 18.5 Å². The summed E-state index contributed by atoms with van der Waals surface area (Å²) in [6.07, 6.45) is 1.47. The number of anilines is 3. The Kier molecular flexibility index (Phi) is 6.21. The summed E-state index contributed by atoms with van der Waals surface area (Å²) in [5, 5.41) is 11.6. The Bertz CT molecular complexity index is 1080. The maximum Gasteiger partial charge on any atom is 0.252 e. The first-order valence-corrected chi connectivity index (χ1v) is 10.00. The second-order valence-corrected chi connectivity index (χ2v) is 7.38. The normalized spacial score (nSPS) is 13.3. The Morgan fingerprint density at radius 1 is 1.27 bits per heavy atom. The number of nitrogens with one attached hydrogen (secondary N) is 2. The number of halogens is 1. The lowest BCUT2D eigenvalue weighted by Gasteiger charge is -2.22. The van der Waals surface area contributed by atoms with E-state index in [1.54, 1.807) is 0 Å². The van der Waals surface area contributed by atoms with Crippen LogP contribution in [0.15, 0.2) is 24.3 Å². The summed E-state index contributed by atoms with van der Waals surface area (Å²) in [5.41, 5.74) is 14.0. The monoisotopic (exact) mass is 413 g/mol. The second kappa shape index (κ2) is 8.66. The van der Waals surface area contributed by atoms with Gasteiger partial charge in [0, 0.05) is 30.2 Å². The highest BCUT2D eigenvalue weighted by molar-refractivity contribution is 5.99. The lowest BCUT2D eigenvalue weighted by molar-refractivity contribution is 0.100. The molecule has 3 aromatic rings. The Labute approximate surface area is 174 Å². The highest BCUT2D eigenvalue weighted by Gasteiger charge is 2.20. The Balaban J connectivity index is 2.02. The number of fused-ring (bicyclic) bond motifs is 1. The zero-order valence-corrected chi connectivity index (χ0v) is 17.7. The first kappa shape index (κ1) is 21.5. The molecule has 30 heavy (non-hydrogen) atoms. The Morgan fingerprint density at radius 3 is 2.60 bits per heavy atom. The predicted molar refractivity (Wildman–Crippen MR) is 117 cm³/mol. The molecule has 2 heterocycles. The van der Waals surface area contributed by atoms with Gasteiger partial charge < -0.3 is 22.1 Å². The van der Waals surface area contributed by atoms with E-state index < -0.39 is 11.7 Å². The van der Waals surface area contributed by atoms with Crippen molar-refractivity contribution in [3.8, 4) is 0 Å². The molecule has 160 valence electrons. The van der Waals surface area contributed by atoms with Gasteiger partial charge in [0.2, 0.25) is 0 Å². The van der Waals surface area contributed by atoms with Gasteiger partial charge in [-0.25, -0.2) is 9.37 Å². The number of amides is 1. The van der Waals surface area contributed by atoms with Gasteiger partial charge in [0.1, 0.15) is 5.82 Å². The minimum absolute atomic E-state index is 0.0170. The molecular formula is C21H28FN7O. The average molecular weight is 414 g/mol. The van der Waals surface area contributed by atoms with E-state index in [1.807, 2.05) is 50.7 Å². The highest BCUT2D eigenvalue weighted by Crippen LogP contribution is 2.28. The molecule has 0 saturated heterocycles. The lowest BCUT2D eigenvalue weighted by atomic mass is 10.1. The molecule has 0 aliphatic carbocycles. The number of primary amides is 1. The molecule has 0 radical (unpaired) electrons. The highest BCUT2D eigenvalue weighted by atomic mass is 19.1. The maximum absolute atomic E-state index is 14.6. The SMILES string of the molecule is CCc1nn(C)c2ccc(Nc3nc(N[C@H](CC)[C@H](C)N)c(F)cc3C(N)=O)cc12. The Morgan fingerprint density at radius 2 is 2.00 bits per heavy atom. The van der Waals surface area contributed by atoms with E-state index in [-0.39, 0.29) is 29.3 Å². The van der Waals surface area contributed by atoms with Crippen LogP contribution in [0.1, 0.15) is 43.2 Å². The fraction of sp³-hybridized carbons (Fsp3) is 0.381. The van der Waals surface area contributed by atoms with Crippen molar-refractivity contribution in [2.45, 2.75) is 45.7 Å². The van der Waals surface area contributed by atoms with Crippen molar-refractivity contribution in [3.63, 3.8) is 0 Å². The average Bonchev–Trinajstić information content (AvgIpc) is 3.02. The van der Waals surface area contributed by atoms with Crippen LogP contribution in [0, 0.1) is 5.82 Å². The maximum atomic E-state index is 14.6. The number of nitrogens with zero attached hydrogens (tertiary/aromatic N) is 3. The number of carbonyl (C=O) groups excluding carboxylic acids is 1. The largest absolute Gasteiger partial charge is 0.365 e. The summed E-state index contributed by atoms with van der Waals surface area (Å²) in [4.78, 5) is 16.2. The van der Waals surface area contributed by atoms with Gasteiger partial charge in [-0.05, 0) is 44.0 Å². The van der Waals surface area contributed by atoms with Crippen LogP contribution in [0.3, 0.4) is 0 Å². The molecule has 2 aromatic heterocycles. The molecule has 0 saturated carbocycles. The van der Waals surface area contributed by atoms with Crippen molar-refractivity contribution in [1.29, 1.82) is 0 Å². The number of rotatable bonds is 8. The molecule has 3 rings (SSSR count). The fourth-order valence-electron chi connectivity index (χ4n) is 3.47. The molecule has 1 amide bonds. The molecule has 9 heteroatoms. The van der Waals surface area contributed by atoms with E-state index in [9.17, 15) is 9.18 Å². The molecule has 0 aliphatic heterocycles. The van der Waals surface area contributed by atoms with E-state index >= 15 is 0 Å². The van der Waals surface area contributed by atoms with Crippen LogP contribution in [0.4, 0.5) is 21.7 Å². The van der Waals surface area contributed by atoms with Gasteiger partial charge in [-0.2, -0.15) is 5.10 Å². The van der Waals surface area contributed by atoms with Crippen molar-refractivity contribution in [2.75, 3.05) is 10.6 Å². The van der Waals surface area contributed by atoms with Gasteiger partial charge in [-0.3, -0.25) is 9.48 Å². The molecule has 0 bridgehead atoms. The number of aromatic nitrogens is 3. The predicted octanol–water partition coefficient (Wildman–Crippen LogP) is 3.05. The molecule has 0 spiro atoms. The minimum Gasteiger partial charge on any atom is -0.365 e. The van der Waals surface area contributed by atoms with E-state index in [0.717, 1.165) is 29.1 Å². The summed E-state index contributed by atoms with van der Waals surface area (Å²) in [6, 6.07) is 6.43. The molecule has 0 fully saturated rings. The number of hydrogen-bond acceptors (Lipinski definition) is 6. The molecule has 8 nitrogen and oxygen atoms in total. The molecular weight excluding hydrogens is 385 g/mol. The number of nitrogens with two attached hydrogens (primary N) is 2. The van der Waals surface area contributed by atoms with Crippen molar-refractivity contribution in [3.05, 3.63) is 41.3 Å². The smallest absolute Gasteiger partial charge is 0.252 e. The topological polar surface area (TPSA) is 124 Å². The molecule has 1 aromatic carbocycles. The second-order valence-electron chi connectivity index (χ2n) is 7.38. The van der Waals surface area contributed by atoms with Crippen LogP contribution in [0.5, 0.6) is 0 Å².